The van der Waals surface area contributed by atoms with E-state index >= 15 is 0 Å². The molecule has 0 fully saturated rings. The summed E-state index contributed by atoms with van der Waals surface area (Å²) in [5.74, 6) is 0. The average molecular weight is 744 g/mol. The van der Waals surface area contributed by atoms with Gasteiger partial charge in [-0.25, -0.2) is 0 Å². The molecule has 10 aromatic carbocycles. The number of hydrogen-bond acceptors (Lipinski definition) is 3. The van der Waals surface area contributed by atoms with Gasteiger partial charge in [-0.15, -0.1) is 11.3 Å². The maximum Gasteiger partial charge on any atom is 0.143 e. The van der Waals surface area contributed by atoms with Gasteiger partial charge in [0.15, 0.2) is 0 Å². The van der Waals surface area contributed by atoms with Gasteiger partial charge in [-0.2, -0.15) is 0 Å². The molecule has 0 atom stereocenters. The van der Waals surface area contributed by atoms with Crippen LogP contribution in [-0.4, -0.2) is 0 Å². The summed E-state index contributed by atoms with van der Waals surface area (Å²) in [5.41, 5.74) is 9.83. The van der Waals surface area contributed by atoms with Crippen LogP contribution in [0.25, 0.3) is 96.7 Å². The Bertz CT molecular complexity index is 3540. The van der Waals surface area contributed by atoms with Crippen LogP contribution in [0, 0.1) is 0 Å². The minimum absolute atomic E-state index is 0.888. The summed E-state index contributed by atoms with van der Waals surface area (Å²) in [7, 11) is 0. The molecular weight excluding hydrogens is 711 g/mol. The van der Waals surface area contributed by atoms with Crippen LogP contribution < -0.4 is 4.90 Å². The molecule has 0 radical (unpaired) electrons. The molecule has 266 valence electrons. The molecule has 2 heterocycles. The molecule has 0 saturated carbocycles. The molecule has 2 aromatic heterocycles. The van der Waals surface area contributed by atoms with E-state index in [1.165, 1.54) is 58.2 Å². The Kier molecular flexibility index (Phi) is 7.13. The molecule has 0 aliphatic rings. The van der Waals surface area contributed by atoms with Gasteiger partial charge in [0.05, 0.1) is 11.4 Å². The van der Waals surface area contributed by atoms with Crippen LogP contribution in [0.1, 0.15) is 0 Å². The molecule has 0 spiro atoms. The van der Waals surface area contributed by atoms with E-state index in [9.17, 15) is 0 Å². The summed E-state index contributed by atoms with van der Waals surface area (Å²) in [6.07, 6.45) is 0. The number of thiophene rings is 1. The second kappa shape index (κ2) is 12.7. The molecule has 0 aliphatic carbocycles. The highest BCUT2D eigenvalue weighted by atomic mass is 32.1. The first kappa shape index (κ1) is 32.1. The van der Waals surface area contributed by atoms with Crippen LogP contribution in [0.4, 0.5) is 17.1 Å². The molecule has 0 saturated heterocycles. The van der Waals surface area contributed by atoms with Crippen molar-refractivity contribution in [2.24, 2.45) is 0 Å². The minimum Gasteiger partial charge on any atom is -0.455 e. The molecule has 57 heavy (non-hydrogen) atoms. The third-order valence-electron chi connectivity index (χ3n) is 11.6. The zero-order valence-corrected chi connectivity index (χ0v) is 31.6. The summed E-state index contributed by atoms with van der Waals surface area (Å²) in [4.78, 5) is 2.46. The Morgan fingerprint density at radius 1 is 0.368 bits per heavy atom. The first-order valence-corrected chi connectivity index (χ1v) is 20.2. The van der Waals surface area contributed by atoms with Crippen molar-refractivity contribution in [3.05, 3.63) is 200 Å². The van der Waals surface area contributed by atoms with E-state index in [1.54, 1.807) is 0 Å². The maximum atomic E-state index is 6.68. The molecule has 12 rings (SSSR count). The lowest BCUT2D eigenvalue weighted by Gasteiger charge is -2.29. The van der Waals surface area contributed by atoms with Gasteiger partial charge in [-0.1, -0.05) is 146 Å². The highest BCUT2D eigenvalue weighted by Gasteiger charge is 2.23. The van der Waals surface area contributed by atoms with Crippen molar-refractivity contribution in [1.82, 2.24) is 0 Å². The van der Waals surface area contributed by atoms with Crippen LogP contribution in [0.5, 0.6) is 0 Å². The second-order valence-corrected chi connectivity index (χ2v) is 15.9. The summed E-state index contributed by atoms with van der Waals surface area (Å²) in [6.45, 7) is 0. The Hall–Kier alpha value is -7.20. The van der Waals surface area contributed by atoms with Crippen molar-refractivity contribution in [3.8, 4) is 22.3 Å². The highest BCUT2D eigenvalue weighted by Crippen LogP contribution is 2.49. The maximum absolute atomic E-state index is 6.68. The van der Waals surface area contributed by atoms with E-state index in [2.05, 4.69) is 205 Å². The summed E-state index contributed by atoms with van der Waals surface area (Å²) in [6, 6.07) is 72.8. The number of para-hydroxylation sites is 1. The lowest BCUT2D eigenvalue weighted by molar-refractivity contribution is 0.673. The Labute approximate surface area is 333 Å². The first-order chi connectivity index (χ1) is 28.3. The van der Waals surface area contributed by atoms with Gasteiger partial charge in [0.2, 0.25) is 0 Å². The van der Waals surface area contributed by atoms with Crippen LogP contribution >= 0.6 is 11.3 Å². The van der Waals surface area contributed by atoms with Crippen LogP contribution in [0.3, 0.4) is 0 Å². The number of benzene rings is 10. The molecule has 0 unspecified atom stereocenters. The molecule has 3 heteroatoms. The van der Waals surface area contributed by atoms with E-state index in [1.807, 2.05) is 11.3 Å². The van der Waals surface area contributed by atoms with E-state index in [0.717, 1.165) is 55.5 Å². The second-order valence-electron chi connectivity index (χ2n) is 14.8. The van der Waals surface area contributed by atoms with E-state index in [0.29, 0.717) is 0 Å². The first-order valence-electron chi connectivity index (χ1n) is 19.4. The Balaban J connectivity index is 1.07. The van der Waals surface area contributed by atoms with Crippen LogP contribution in [0.15, 0.2) is 205 Å². The molecule has 0 aliphatic heterocycles. The topological polar surface area (TPSA) is 16.4 Å². The highest BCUT2D eigenvalue weighted by molar-refractivity contribution is 7.26. The van der Waals surface area contributed by atoms with Gasteiger partial charge >= 0.3 is 0 Å². The smallest absolute Gasteiger partial charge is 0.143 e. The fraction of sp³-hybridized carbons (Fsp3) is 0. The zero-order chi connectivity index (χ0) is 37.5. The van der Waals surface area contributed by atoms with Crippen molar-refractivity contribution in [2.45, 2.75) is 0 Å². The lowest BCUT2D eigenvalue weighted by atomic mass is 9.95. The predicted molar refractivity (Wildman–Crippen MR) is 245 cm³/mol. The van der Waals surface area contributed by atoms with Gasteiger partial charge in [0.1, 0.15) is 11.2 Å². The molecule has 12 aromatic rings. The van der Waals surface area contributed by atoms with Gasteiger partial charge in [0, 0.05) is 47.6 Å². The number of furan rings is 1. The lowest BCUT2D eigenvalue weighted by Crippen LogP contribution is -2.11. The number of anilines is 3. The van der Waals surface area contributed by atoms with Crippen molar-refractivity contribution in [3.63, 3.8) is 0 Å². The van der Waals surface area contributed by atoms with Gasteiger partial charge < -0.3 is 9.32 Å². The minimum atomic E-state index is 0.888. The predicted octanol–water partition coefficient (Wildman–Crippen LogP) is 16.2. The van der Waals surface area contributed by atoms with E-state index in [-0.39, 0.29) is 0 Å². The molecule has 0 amide bonds. The SMILES string of the molecule is c1ccc(N(c2ccc(-c3ccc4c(ccc5ccccc54)c3)cc2)c2cccc3sc4ccccc4c23)c(-c2cccc3oc4c5ccccc5ccc4c23)c1. The quantitative estimate of drug-likeness (QED) is 0.163. The Morgan fingerprint density at radius 2 is 0.982 bits per heavy atom. The van der Waals surface area contributed by atoms with Gasteiger partial charge in [0.25, 0.3) is 0 Å². The van der Waals surface area contributed by atoms with Crippen LogP contribution in [0.2, 0.25) is 0 Å². The molecule has 0 N–H and O–H groups in total. The standard InChI is InChI=1S/C54H33NOS/c1-3-13-40-35(11-1)23-24-38-33-37(28-31-41(38)40)34-25-29-39(30-26-34)55(48-19-10-22-51-53(48)45-16-6-8-21-50(45)57-51)47-18-7-5-15-43(47)44-17-9-20-49-52(44)46-32-27-36-12-2-4-14-42(36)54(46)56-49/h1-33H. The van der Waals surface area contributed by atoms with E-state index in [4.69, 9.17) is 4.42 Å². The van der Waals surface area contributed by atoms with Crippen molar-refractivity contribution in [2.75, 3.05) is 4.90 Å². The summed E-state index contributed by atoms with van der Waals surface area (Å²) >= 11 is 1.85. The van der Waals surface area contributed by atoms with E-state index < -0.39 is 0 Å². The van der Waals surface area contributed by atoms with Gasteiger partial charge in [-0.05, 0) is 98.2 Å². The number of hydrogen-bond donors (Lipinski definition) is 0. The monoisotopic (exact) mass is 743 g/mol. The summed E-state index contributed by atoms with van der Waals surface area (Å²) in [5, 5.41) is 12.2. The zero-order valence-electron chi connectivity index (χ0n) is 30.8. The average Bonchev–Trinajstić information content (AvgIpc) is 3.86. The molecule has 2 nitrogen and oxygen atoms in total. The fourth-order valence-corrected chi connectivity index (χ4v) is 10.1. The summed E-state index contributed by atoms with van der Waals surface area (Å²) < 4.78 is 9.24. The number of fused-ring (bicyclic) bond motifs is 11. The largest absolute Gasteiger partial charge is 0.455 e. The third-order valence-corrected chi connectivity index (χ3v) is 12.8. The molecule has 0 bridgehead atoms. The van der Waals surface area contributed by atoms with Crippen molar-refractivity contribution in [1.29, 1.82) is 0 Å². The molecular formula is C54H33NOS. The van der Waals surface area contributed by atoms with Crippen molar-refractivity contribution >= 4 is 103 Å². The van der Waals surface area contributed by atoms with Gasteiger partial charge in [-0.3, -0.25) is 0 Å². The Morgan fingerprint density at radius 3 is 1.88 bits per heavy atom. The van der Waals surface area contributed by atoms with Crippen LogP contribution in [-0.2, 0) is 0 Å². The van der Waals surface area contributed by atoms with Crippen molar-refractivity contribution < 1.29 is 4.42 Å². The third kappa shape index (κ3) is 5.03. The number of nitrogens with zero attached hydrogens (tertiary/aromatic N) is 1. The normalized spacial score (nSPS) is 11.9. The fourth-order valence-electron chi connectivity index (χ4n) is 9.02. The number of rotatable bonds is 5.